The summed E-state index contributed by atoms with van der Waals surface area (Å²) in [5.74, 6) is 2.82. The molecular weight excluding hydrogens is 394 g/mol. The third-order valence-corrected chi connectivity index (χ3v) is 6.60. The van der Waals surface area contributed by atoms with E-state index in [9.17, 15) is 0 Å². The summed E-state index contributed by atoms with van der Waals surface area (Å²) in [7, 11) is 0. The van der Waals surface area contributed by atoms with Crippen LogP contribution in [-0.2, 0) is 6.61 Å². The molecule has 2 aliphatic rings. The molecule has 0 amide bonds. The van der Waals surface area contributed by atoms with Crippen LogP contribution in [0.25, 0.3) is 0 Å². The Labute approximate surface area is 191 Å². The highest BCUT2D eigenvalue weighted by Gasteiger charge is 2.38. The third kappa shape index (κ3) is 4.25. The molecule has 1 N–H and O–H groups in total. The highest BCUT2D eigenvalue weighted by molar-refractivity contribution is 5.67. The molecule has 3 atom stereocenters. The van der Waals surface area contributed by atoms with Gasteiger partial charge in [-0.3, -0.25) is 0 Å². The first kappa shape index (κ1) is 20.7. The van der Waals surface area contributed by atoms with Crippen LogP contribution in [0.2, 0.25) is 0 Å². The number of ether oxygens (including phenoxy) is 2. The van der Waals surface area contributed by atoms with E-state index in [2.05, 4.69) is 79.0 Å². The van der Waals surface area contributed by atoms with Gasteiger partial charge in [0.25, 0.3) is 0 Å². The Hall–Kier alpha value is -3.20. The topological polar surface area (TPSA) is 30.5 Å². The molecule has 0 saturated carbocycles. The molecule has 0 fully saturated rings. The van der Waals surface area contributed by atoms with Crippen molar-refractivity contribution in [2.24, 2.45) is 5.92 Å². The van der Waals surface area contributed by atoms with Gasteiger partial charge in [-0.25, -0.2) is 0 Å². The lowest BCUT2D eigenvalue weighted by Gasteiger charge is -2.38. The summed E-state index contributed by atoms with van der Waals surface area (Å²) >= 11 is 0. The van der Waals surface area contributed by atoms with Crippen molar-refractivity contribution < 1.29 is 9.47 Å². The van der Waals surface area contributed by atoms with Gasteiger partial charge in [0, 0.05) is 5.92 Å². The van der Waals surface area contributed by atoms with Crippen molar-refractivity contribution in [3.05, 3.63) is 102 Å². The van der Waals surface area contributed by atoms with Crippen molar-refractivity contribution in [2.45, 2.75) is 44.8 Å². The maximum Gasteiger partial charge on any atom is 0.142 e. The zero-order chi connectivity index (χ0) is 21.8. The van der Waals surface area contributed by atoms with E-state index >= 15 is 0 Å². The number of allylic oxidation sites excluding steroid dienone is 2. The first-order valence-corrected chi connectivity index (χ1v) is 11.8. The fourth-order valence-corrected chi connectivity index (χ4v) is 4.88. The Morgan fingerprint density at radius 2 is 1.75 bits per heavy atom. The number of fused-ring (bicyclic) bond motifs is 3. The fraction of sp³-hybridized carbons (Fsp3) is 0.310. The summed E-state index contributed by atoms with van der Waals surface area (Å²) in [5, 5.41) is 3.85. The number of rotatable bonds is 8. The Morgan fingerprint density at radius 1 is 0.906 bits per heavy atom. The van der Waals surface area contributed by atoms with Gasteiger partial charge in [0.2, 0.25) is 0 Å². The Bertz CT molecular complexity index is 1060. The van der Waals surface area contributed by atoms with E-state index in [0.717, 1.165) is 43.1 Å². The number of hydrogen-bond donors (Lipinski definition) is 1. The molecule has 32 heavy (non-hydrogen) atoms. The highest BCUT2D eigenvalue weighted by atomic mass is 16.5. The molecule has 1 aliphatic carbocycles. The first-order valence-electron chi connectivity index (χ1n) is 11.8. The largest absolute Gasteiger partial charge is 0.491 e. The van der Waals surface area contributed by atoms with Crippen LogP contribution >= 0.6 is 0 Å². The number of para-hydroxylation sites is 1. The second-order valence-corrected chi connectivity index (χ2v) is 8.74. The molecule has 1 aliphatic heterocycles. The average molecular weight is 426 g/mol. The minimum absolute atomic E-state index is 0.251. The van der Waals surface area contributed by atoms with Gasteiger partial charge in [-0.1, -0.05) is 80.1 Å². The van der Waals surface area contributed by atoms with Crippen molar-refractivity contribution in [2.75, 3.05) is 11.9 Å². The van der Waals surface area contributed by atoms with E-state index in [1.54, 1.807) is 0 Å². The smallest absolute Gasteiger partial charge is 0.142 e. The molecule has 164 valence electrons. The molecule has 3 unspecified atom stereocenters. The highest BCUT2D eigenvalue weighted by Crippen LogP contribution is 2.52. The van der Waals surface area contributed by atoms with Gasteiger partial charge in [-0.15, -0.1) is 0 Å². The van der Waals surface area contributed by atoms with Crippen molar-refractivity contribution in [3.8, 4) is 11.5 Å². The van der Waals surface area contributed by atoms with Crippen LogP contribution < -0.4 is 14.8 Å². The molecule has 3 aromatic rings. The third-order valence-electron chi connectivity index (χ3n) is 6.60. The number of benzene rings is 3. The molecule has 0 aromatic heterocycles. The number of anilines is 1. The van der Waals surface area contributed by atoms with E-state index in [-0.39, 0.29) is 6.04 Å². The fourth-order valence-electron chi connectivity index (χ4n) is 4.88. The molecule has 0 radical (unpaired) electrons. The molecule has 3 heteroatoms. The Kier molecular flexibility index (Phi) is 6.15. The number of nitrogens with one attached hydrogen (secondary N) is 1. The molecule has 3 nitrogen and oxygen atoms in total. The zero-order valence-electron chi connectivity index (χ0n) is 18.7. The monoisotopic (exact) mass is 425 g/mol. The van der Waals surface area contributed by atoms with Gasteiger partial charge in [-0.05, 0) is 53.6 Å². The van der Waals surface area contributed by atoms with E-state index in [1.165, 1.54) is 16.7 Å². The van der Waals surface area contributed by atoms with E-state index in [0.29, 0.717) is 18.4 Å². The lowest BCUT2D eigenvalue weighted by atomic mass is 9.77. The van der Waals surface area contributed by atoms with Crippen LogP contribution in [0, 0.1) is 5.92 Å². The minimum Gasteiger partial charge on any atom is -0.491 e. The van der Waals surface area contributed by atoms with Gasteiger partial charge >= 0.3 is 0 Å². The van der Waals surface area contributed by atoms with Crippen molar-refractivity contribution in [1.29, 1.82) is 0 Å². The summed E-state index contributed by atoms with van der Waals surface area (Å²) < 4.78 is 12.2. The molecule has 0 bridgehead atoms. The van der Waals surface area contributed by atoms with Gasteiger partial charge in [0.15, 0.2) is 0 Å². The van der Waals surface area contributed by atoms with Crippen LogP contribution in [0.5, 0.6) is 11.5 Å². The van der Waals surface area contributed by atoms with Gasteiger partial charge in [0.05, 0.1) is 18.3 Å². The summed E-state index contributed by atoms with van der Waals surface area (Å²) in [6, 6.07) is 25.6. The normalized spacial score (nSPS) is 20.8. The molecule has 0 saturated heterocycles. The van der Waals surface area contributed by atoms with Crippen molar-refractivity contribution in [3.63, 3.8) is 0 Å². The van der Waals surface area contributed by atoms with Crippen LogP contribution in [-0.4, -0.2) is 6.61 Å². The molecule has 0 spiro atoms. The minimum atomic E-state index is 0.251. The van der Waals surface area contributed by atoms with E-state index < -0.39 is 0 Å². The SMILES string of the molecule is CCCCOc1cccc2c1NC(c1ccc(OCc3ccccc3)cc1)C1CC=CC21. The molecule has 5 rings (SSSR count). The van der Waals surface area contributed by atoms with Gasteiger partial charge < -0.3 is 14.8 Å². The quantitative estimate of drug-likeness (QED) is 0.304. The Morgan fingerprint density at radius 3 is 2.56 bits per heavy atom. The van der Waals surface area contributed by atoms with Gasteiger partial charge in [-0.2, -0.15) is 0 Å². The lowest BCUT2D eigenvalue weighted by Crippen LogP contribution is -2.29. The maximum absolute atomic E-state index is 6.16. The number of unbranched alkanes of at least 4 members (excludes halogenated alkanes) is 1. The van der Waals surface area contributed by atoms with Gasteiger partial charge in [0.1, 0.15) is 18.1 Å². The predicted molar refractivity (Wildman–Crippen MR) is 130 cm³/mol. The van der Waals surface area contributed by atoms with Crippen LogP contribution in [0.4, 0.5) is 5.69 Å². The Balaban J connectivity index is 1.35. The predicted octanol–water partition coefficient (Wildman–Crippen LogP) is 7.27. The standard InChI is InChI=1S/C29H31NO2/c1-2-3-19-31-27-14-8-13-26-24-11-7-12-25(24)28(30-29(26)27)22-15-17-23(18-16-22)32-20-21-9-5-4-6-10-21/h4-11,13-18,24-25,28,30H,2-3,12,19-20H2,1H3. The summed E-state index contributed by atoms with van der Waals surface area (Å²) in [6.07, 6.45) is 8.02. The second-order valence-electron chi connectivity index (χ2n) is 8.74. The van der Waals surface area contributed by atoms with Crippen molar-refractivity contribution in [1.82, 2.24) is 0 Å². The maximum atomic E-state index is 6.16. The average Bonchev–Trinajstić information content (AvgIpc) is 3.34. The van der Waals surface area contributed by atoms with Crippen molar-refractivity contribution >= 4 is 5.69 Å². The van der Waals surface area contributed by atoms with Crippen LogP contribution in [0.15, 0.2) is 84.9 Å². The summed E-state index contributed by atoms with van der Waals surface area (Å²) in [6.45, 7) is 3.54. The molecule has 3 aromatic carbocycles. The van der Waals surface area contributed by atoms with Crippen LogP contribution in [0.1, 0.15) is 54.8 Å². The molecule has 1 heterocycles. The summed E-state index contributed by atoms with van der Waals surface area (Å²) in [4.78, 5) is 0. The van der Waals surface area contributed by atoms with E-state index in [4.69, 9.17) is 9.47 Å². The zero-order valence-corrected chi connectivity index (χ0v) is 18.7. The first-order chi connectivity index (χ1) is 15.8. The second kappa shape index (κ2) is 9.52. The summed E-state index contributed by atoms with van der Waals surface area (Å²) in [5.41, 5.74) is 4.99. The number of hydrogen-bond acceptors (Lipinski definition) is 3. The lowest BCUT2D eigenvalue weighted by molar-refractivity contribution is 0.305. The van der Waals surface area contributed by atoms with Crippen LogP contribution in [0.3, 0.4) is 0 Å². The molecular formula is C29H31NO2. The van der Waals surface area contributed by atoms with E-state index in [1.807, 2.05) is 18.2 Å².